The molecule has 0 atom stereocenters. The van der Waals surface area contributed by atoms with Crippen LogP contribution in [0.3, 0.4) is 0 Å². The van der Waals surface area contributed by atoms with Crippen molar-refractivity contribution in [3.63, 3.8) is 0 Å². The molecular weight excluding hydrogens is 340 g/mol. The maximum absolute atomic E-state index is 13.5. The molecule has 1 saturated heterocycles. The van der Waals surface area contributed by atoms with E-state index in [0.717, 1.165) is 5.56 Å². The van der Waals surface area contributed by atoms with Gasteiger partial charge in [0.05, 0.1) is 11.4 Å². The van der Waals surface area contributed by atoms with Crippen molar-refractivity contribution >= 4 is 21.7 Å². The molecule has 2 amide bonds. The maximum atomic E-state index is 13.5. The minimum Gasteiger partial charge on any atom is -0.353 e. The van der Waals surface area contributed by atoms with Crippen LogP contribution in [0, 0.1) is 13.8 Å². The number of benzene rings is 1. The van der Waals surface area contributed by atoms with Crippen molar-refractivity contribution in [2.75, 3.05) is 19.6 Å². The number of amides is 2. The van der Waals surface area contributed by atoms with E-state index in [9.17, 15) is 18.0 Å². The molecule has 1 aromatic carbocycles. The number of aryl methyl sites for hydroxylation is 2. The summed E-state index contributed by atoms with van der Waals surface area (Å²) in [5.74, 6) is -0.655. The highest BCUT2D eigenvalue weighted by Crippen LogP contribution is 2.43. The van der Waals surface area contributed by atoms with E-state index in [-0.39, 0.29) is 17.3 Å². The van der Waals surface area contributed by atoms with Gasteiger partial charge in [0.2, 0.25) is 11.8 Å². The molecule has 1 saturated carbocycles. The van der Waals surface area contributed by atoms with Crippen molar-refractivity contribution in [2.24, 2.45) is 0 Å². The van der Waals surface area contributed by atoms with Crippen molar-refractivity contribution in [3.05, 3.63) is 29.3 Å². The molecule has 0 aromatic heterocycles. The van der Waals surface area contributed by atoms with Crippen LogP contribution in [0.5, 0.6) is 0 Å². The summed E-state index contributed by atoms with van der Waals surface area (Å²) in [7, 11) is -3.84. The Balaban J connectivity index is 2.06. The Bertz CT molecular complexity index is 810. The average molecular weight is 364 g/mol. The van der Waals surface area contributed by atoms with Crippen molar-refractivity contribution in [2.45, 2.75) is 49.2 Å². The number of nitrogens with one attached hydrogen (secondary N) is 1. The SMILES string of the molecule is Cc1ccc(C)c(S(=O)(=O)C2(C(=O)N3CCNC(=O)C3)CCCC2)c1. The average Bonchev–Trinajstić information content (AvgIpc) is 3.08. The highest BCUT2D eigenvalue weighted by Gasteiger charge is 2.55. The van der Waals surface area contributed by atoms with Crippen molar-refractivity contribution in [1.29, 1.82) is 0 Å². The predicted octanol–water partition coefficient (Wildman–Crippen LogP) is 1.35. The van der Waals surface area contributed by atoms with Crippen LogP contribution in [0.25, 0.3) is 0 Å². The molecule has 7 heteroatoms. The zero-order valence-corrected chi connectivity index (χ0v) is 15.5. The number of sulfone groups is 1. The second-order valence-corrected chi connectivity index (χ2v) is 9.28. The third kappa shape index (κ3) is 2.94. The molecular formula is C18H24N2O4S. The van der Waals surface area contributed by atoms with E-state index >= 15 is 0 Å². The minimum atomic E-state index is -3.84. The molecule has 6 nitrogen and oxygen atoms in total. The number of nitrogens with zero attached hydrogens (tertiary/aromatic N) is 1. The third-order valence-corrected chi connectivity index (χ3v) is 7.90. The molecule has 0 spiro atoms. The third-order valence-electron chi connectivity index (χ3n) is 5.27. The van der Waals surface area contributed by atoms with Crippen molar-refractivity contribution in [3.8, 4) is 0 Å². The topological polar surface area (TPSA) is 83.6 Å². The number of hydrogen-bond acceptors (Lipinski definition) is 4. The van der Waals surface area contributed by atoms with Gasteiger partial charge in [-0.25, -0.2) is 8.42 Å². The number of carbonyl (C=O) groups is 2. The molecule has 2 fully saturated rings. The lowest BCUT2D eigenvalue weighted by Crippen LogP contribution is -2.58. The highest BCUT2D eigenvalue weighted by atomic mass is 32.2. The van der Waals surface area contributed by atoms with Crippen LogP contribution in [0.2, 0.25) is 0 Å². The fraction of sp³-hybridized carbons (Fsp3) is 0.556. The van der Waals surface area contributed by atoms with Gasteiger partial charge in [-0.2, -0.15) is 0 Å². The van der Waals surface area contributed by atoms with E-state index in [4.69, 9.17) is 0 Å². The van der Waals surface area contributed by atoms with Gasteiger partial charge in [-0.15, -0.1) is 0 Å². The first kappa shape index (κ1) is 17.9. The maximum Gasteiger partial charge on any atom is 0.244 e. The quantitative estimate of drug-likeness (QED) is 0.877. The molecule has 1 aliphatic heterocycles. The van der Waals surface area contributed by atoms with E-state index in [0.29, 0.717) is 44.3 Å². The fourth-order valence-corrected chi connectivity index (χ4v) is 6.29. The zero-order chi connectivity index (χ0) is 18.2. The van der Waals surface area contributed by atoms with Gasteiger partial charge in [-0.05, 0) is 43.9 Å². The van der Waals surface area contributed by atoms with E-state index in [1.54, 1.807) is 19.1 Å². The minimum absolute atomic E-state index is 0.0666. The van der Waals surface area contributed by atoms with Gasteiger partial charge in [0, 0.05) is 13.1 Å². The van der Waals surface area contributed by atoms with Gasteiger partial charge < -0.3 is 10.2 Å². The van der Waals surface area contributed by atoms with Crippen molar-refractivity contribution < 1.29 is 18.0 Å². The molecule has 0 bridgehead atoms. The van der Waals surface area contributed by atoms with Gasteiger partial charge in [0.1, 0.15) is 0 Å². The summed E-state index contributed by atoms with van der Waals surface area (Å²) in [5.41, 5.74) is 1.50. The largest absolute Gasteiger partial charge is 0.353 e. The Kier molecular flexibility index (Phi) is 4.62. The molecule has 0 unspecified atom stereocenters. The van der Waals surface area contributed by atoms with Crippen LogP contribution in [0.15, 0.2) is 23.1 Å². The first-order valence-corrected chi connectivity index (χ1v) is 10.1. The smallest absolute Gasteiger partial charge is 0.244 e. The van der Waals surface area contributed by atoms with Crippen LogP contribution >= 0.6 is 0 Å². The lowest BCUT2D eigenvalue weighted by molar-refractivity contribution is -0.140. The number of hydrogen-bond donors (Lipinski definition) is 1. The Morgan fingerprint density at radius 2 is 1.88 bits per heavy atom. The summed E-state index contributed by atoms with van der Waals surface area (Å²) in [6, 6.07) is 5.30. The van der Waals surface area contributed by atoms with E-state index in [1.807, 2.05) is 13.0 Å². The Hall–Kier alpha value is -1.89. The molecule has 3 rings (SSSR count). The van der Waals surface area contributed by atoms with Gasteiger partial charge >= 0.3 is 0 Å². The van der Waals surface area contributed by atoms with E-state index in [2.05, 4.69) is 5.32 Å². The molecule has 1 aromatic rings. The molecule has 1 N–H and O–H groups in total. The molecule has 0 radical (unpaired) electrons. The van der Waals surface area contributed by atoms with Crippen LogP contribution in [0.4, 0.5) is 0 Å². The normalized spacial score (nSPS) is 20.4. The summed E-state index contributed by atoms with van der Waals surface area (Å²) < 4.78 is 25.7. The molecule has 136 valence electrons. The molecule has 2 aliphatic rings. The van der Waals surface area contributed by atoms with Crippen LogP contribution < -0.4 is 5.32 Å². The van der Waals surface area contributed by atoms with Crippen molar-refractivity contribution in [1.82, 2.24) is 10.2 Å². The van der Waals surface area contributed by atoms with E-state index in [1.165, 1.54) is 4.90 Å². The summed E-state index contributed by atoms with van der Waals surface area (Å²) in [6.07, 6.45) is 2.05. The lowest BCUT2D eigenvalue weighted by Gasteiger charge is -2.36. The van der Waals surface area contributed by atoms with Crippen LogP contribution in [-0.2, 0) is 19.4 Å². The van der Waals surface area contributed by atoms with Gasteiger partial charge in [-0.3, -0.25) is 9.59 Å². The Morgan fingerprint density at radius 1 is 1.20 bits per heavy atom. The summed E-state index contributed by atoms with van der Waals surface area (Å²) >= 11 is 0. The van der Waals surface area contributed by atoms with Gasteiger partial charge in [-0.1, -0.05) is 25.0 Å². The molecule has 1 aliphatic carbocycles. The fourth-order valence-electron chi connectivity index (χ4n) is 3.85. The lowest BCUT2D eigenvalue weighted by atomic mass is 10.0. The first-order valence-electron chi connectivity index (χ1n) is 8.66. The van der Waals surface area contributed by atoms with Crippen LogP contribution in [0.1, 0.15) is 36.8 Å². The second kappa shape index (κ2) is 6.44. The summed E-state index contributed by atoms with van der Waals surface area (Å²) in [6.45, 7) is 4.26. The molecule has 1 heterocycles. The Labute approximate surface area is 148 Å². The van der Waals surface area contributed by atoms with E-state index < -0.39 is 20.5 Å². The summed E-state index contributed by atoms with van der Waals surface area (Å²) in [4.78, 5) is 26.6. The van der Waals surface area contributed by atoms with Crippen LogP contribution in [-0.4, -0.2) is 49.5 Å². The number of rotatable bonds is 3. The first-order chi connectivity index (χ1) is 11.8. The zero-order valence-electron chi connectivity index (χ0n) is 14.7. The van der Waals surface area contributed by atoms with Gasteiger partial charge in [0.15, 0.2) is 14.6 Å². The monoisotopic (exact) mass is 364 g/mol. The second-order valence-electron chi connectivity index (χ2n) is 7.05. The van der Waals surface area contributed by atoms with Gasteiger partial charge in [0.25, 0.3) is 0 Å². The Morgan fingerprint density at radius 3 is 2.52 bits per heavy atom. The standard InChI is InChI=1S/C18H24N2O4S/c1-13-5-6-14(2)15(11-13)25(23,24)18(7-3-4-8-18)17(22)20-10-9-19-16(21)12-20/h5-6,11H,3-4,7-10,12H2,1-2H3,(H,19,21). The summed E-state index contributed by atoms with van der Waals surface area (Å²) in [5, 5.41) is 2.67. The predicted molar refractivity (Wildman–Crippen MR) is 93.9 cm³/mol. The molecule has 25 heavy (non-hydrogen) atoms. The number of piperazine rings is 1. The number of carbonyl (C=O) groups excluding carboxylic acids is 2. The highest BCUT2D eigenvalue weighted by molar-refractivity contribution is 7.93.